The minimum atomic E-state index is -0.279. The highest BCUT2D eigenvalue weighted by molar-refractivity contribution is 5.38. The van der Waals surface area contributed by atoms with E-state index in [1.54, 1.807) is 7.11 Å². The molecule has 1 rings (SSSR count). The normalized spacial score (nSPS) is 16.1. The van der Waals surface area contributed by atoms with Crippen LogP contribution in [0.1, 0.15) is 44.4 Å². The standard InChI is InChI=1S/C15H25NO2/c1-10-6-7-15(18-5)14(8-10)13(4)16-11(2)9-12(3)17/h6-8,11-13,16-17H,9H2,1-5H3. The van der Waals surface area contributed by atoms with E-state index in [-0.39, 0.29) is 18.2 Å². The van der Waals surface area contributed by atoms with Gasteiger partial charge in [0.25, 0.3) is 0 Å². The summed E-state index contributed by atoms with van der Waals surface area (Å²) in [6, 6.07) is 6.67. The van der Waals surface area contributed by atoms with Crippen molar-refractivity contribution in [2.45, 2.75) is 52.3 Å². The molecule has 0 saturated heterocycles. The number of nitrogens with one attached hydrogen (secondary N) is 1. The third kappa shape index (κ3) is 4.31. The summed E-state index contributed by atoms with van der Waals surface area (Å²) in [6.45, 7) is 8.10. The monoisotopic (exact) mass is 251 g/mol. The lowest BCUT2D eigenvalue weighted by Crippen LogP contribution is -2.31. The molecule has 3 atom stereocenters. The van der Waals surface area contributed by atoms with Crippen LogP contribution in [0.4, 0.5) is 0 Å². The molecule has 0 amide bonds. The van der Waals surface area contributed by atoms with Crippen molar-refractivity contribution in [1.82, 2.24) is 5.32 Å². The Morgan fingerprint density at radius 1 is 1.28 bits per heavy atom. The van der Waals surface area contributed by atoms with Crippen LogP contribution in [0, 0.1) is 6.92 Å². The first kappa shape index (κ1) is 15.0. The van der Waals surface area contributed by atoms with Crippen molar-refractivity contribution in [2.75, 3.05) is 7.11 Å². The molecule has 0 bridgehead atoms. The van der Waals surface area contributed by atoms with E-state index >= 15 is 0 Å². The van der Waals surface area contributed by atoms with E-state index < -0.39 is 0 Å². The fourth-order valence-electron chi connectivity index (χ4n) is 2.29. The summed E-state index contributed by atoms with van der Waals surface area (Å²) in [5, 5.41) is 12.9. The van der Waals surface area contributed by atoms with Crippen molar-refractivity contribution < 1.29 is 9.84 Å². The van der Waals surface area contributed by atoms with Crippen molar-refractivity contribution in [3.8, 4) is 5.75 Å². The van der Waals surface area contributed by atoms with Gasteiger partial charge in [-0.15, -0.1) is 0 Å². The van der Waals surface area contributed by atoms with E-state index in [1.165, 1.54) is 5.56 Å². The van der Waals surface area contributed by atoms with Crippen LogP contribution in [-0.4, -0.2) is 24.4 Å². The van der Waals surface area contributed by atoms with E-state index in [2.05, 4.69) is 32.2 Å². The third-order valence-electron chi connectivity index (χ3n) is 3.08. The highest BCUT2D eigenvalue weighted by Crippen LogP contribution is 2.26. The topological polar surface area (TPSA) is 41.5 Å². The lowest BCUT2D eigenvalue weighted by Gasteiger charge is -2.23. The highest BCUT2D eigenvalue weighted by atomic mass is 16.5. The van der Waals surface area contributed by atoms with Crippen molar-refractivity contribution >= 4 is 0 Å². The molecular formula is C15H25NO2. The quantitative estimate of drug-likeness (QED) is 0.817. The second-order valence-corrected chi connectivity index (χ2v) is 5.12. The van der Waals surface area contributed by atoms with E-state index in [1.807, 2.05) is 19.1 Å². The maximum Gasteiger partial charge on any atom is 0.123 e. The zero-order valence-corrected chi connectivity index (χ0v) is 12.0. The molecular weight excluding hydrogens is 226 g/mol. The van der Waals surface area contributed by atoms with Crippen LogP contribution < -0.4 is 10.1 Å². The molecule has 0 radical (unpaired) electrons. The third-order valence-corrected chi connectivity index (χ3v) is 3.08. The van der Waals surface area contributed by atoms with Crippen molar-refractivity contribution in [2.24, 2.45) is 0 Å². The highest BCUT2D eigenvalue weighted by Gasteiger charge is 2.15. The summed E-state index contributed by atoms with van der Waals surface area (Å²) < 4.78 is 5.39. The molecule has 0 spiro atoms. The van der Waals surface area contributed by atoms with Crippen LogP contribution in [0.15, 0.2) is 18.2 Å². The Labute approximate surface area is 110 Å². The van der Waals surface area contributed by atoms with Gasteiger partial charge in [-0.3, -0.25) is 0 Å². The number of hydrogen-bond donors (Lipinski definition) is 2. The molecule has 0 fully saturated rings. The zero-order chi connectivity index (χ0) is 13.7. The lowest BCUT2D eigenvalue weighted by atomic mass is 10.0. The van der Waals surface area contributed by atoms with Gasteiger partial charge in [-0.2, -0.15) is 0 Å². The molecule has 0 aromatic heterocycles. The van der Waals surface area contributed by atoms with Crippen LogP contribution in [-0.2, 0) is 0 Å². The fraction of sp³-hybridized carbons (Fsp3) is 0.600. The molecule has 1 aromatic rings. The number of hydrogen-bond acceptors (Lipinski definition) is 3. The van der Waals surface area contributed by atoms with Crippen molar-refractivity contribution in [3.05, 3.63) is 29.3 Å². The largest absolute Gasteiger partial charge is 0.496 e. The summed E-state index contributed by atoms with van der Waals surface area (Å²) in [5.74, 6) is 0.907. The molecule has 1 aromatic carbocycles. The summed E-state index contributed by atoms with van der Waals surface area (Å²) in [5.41, 5.74) is 2.39. The number of methoxy groups -OCH3 is 1. The smallest absolute Gasteiger partial charge is 0.123 e. The second-order valence-electron chi connectivity index (χ2n) is 5.12. The predicted octanol–water partition coefficient (Wildman–Crippen LogP) is 2.81. The summed E-state index contributed by atoms with van der Waals surface area (Å²) in [7, 11) is 1.69. The summed E-state index contributed by atoms with van der Waals surface area (Å²) in [4.78, 5) is 0. The molecule has 0 heterocycles. The number of aryl methyl sites for hydroxylation is 1. The van der Waals surface area contributed by atoms with Gasteiger partial charge in [-0.1, -0.05) is 17.7 Å². The Morgan fingerprint density at radius 3 is 2.50 bits per heavy atom. The van der Waals surface area contributed by atoms with E-state index in [4.69, 9.17) is 4.74 Å². The number of benzene rings is 1. The minimum Gasteiger partial charge on any atom is -0.496 e. The molecule has 102 valence electrons. The van der Waals surface area contributed by atoms with Gasteiger partial charge in [0.1, 0.15) is 5.75 Å². The van der Waals surface area contributed by atoms with Gasteiger partial charge in [0.05, 0.1) is 13.2 Å². The molecule has 0 saturated carbocycles. The Balaban J connectivity index is 2.76. The van der Waals surface area contributed by atoms with E-state index in [9.17, 15) is 5.11 Å². The van der Waals surface area contributed by atoms with Crippen LogP contribution >= 0.6 is 0 Å². The van der Waals surface area contributed by atoms with Crippen LogP contribution in [0.2, 0.25) is 0 Å². The fourth-order valence-corrected chi connectivity index (χ4v) is 2.29. The van der Waals surface area contributed by atoms with Crippen molar-refractivity contribution in [1.29, 1.82) is 0 Å². The molecule has 0 aliphatic heterocycles. The first-order chi connectivity index (χ1) is 8.43. The molecule has 2 N–H and O–H groups in total. The van der Waals surface area contributed by atoms with Gasteiger partial charge >= 0.3 is 0 Å². The van der Waals surface area contributed by atoms with Gasteiger partial charge in [0.15, 0.2) is 0 Å². The van der Waals surface area contributed by atoms with Crippen LogP contribution in [0.5, 0.6) is 5.75 Å². The Morgan fingerprint density at radius 2 is 1.94 bits per heavy atom. The first-order valence-electron chi connectivity index (χ1n) is 6.52. The first-order valence-corrected chi connectivity index (χ1v) is 6.52. The Kier molecular flexibility index (Phi) is 5.63. The number of aliphatic hydroxyl groups is 1. The van der Waals surface area contributed by atoms with Gasteiger partial charge < -0.3 is 15.2 Å². The summed E-state index contributed by atoms with van der Waals surface area (Å²) >= 11 is 0. The molecule has 0 aliphatic rings. The van der Waals surface area contributed by atoms with Crippen LogP contribution in [0.3, 0.4) is 0 Å². The molecule has 3 unspecified atom stereocenters. The minimum absolute atomic E-state index is 0.202. The maximum absolute atomic E-state index is 9.39. The second kappa shape index (κ2) is 6.76. The van der Waals surface area contributed by atoms with Gasteiger partial charge in [0, 0.05) is 17.6 Å². The number of rotatable bonds is 6. The Hall–Kier alpha value is -1.06. The Bertz CT molecular complexity index is 377. The van der Waals surface area contributed by atoms with Gasteiger partial charge in [-0.25, -0.2) is 0 Å². The van der Waals surface area contributed by atoms with E-state index in [0.717, 1.165) is 17.7 Å². The van der Waals surface area contributed by atoms with E-state index in [0.29, 0.717) is 0 Å². The molecule has 18 heavy (non-hydrogen) atoms. The average molecular weight is 251 g/mol. The summed E-state index contributed by atoms with van der Waals surface area (Å²) in [6.07, 6.45) is 0.470. The van der Waals surface area contributed by atoms with Crippen molar-refractivity contribution in [3.63, 3.8) is 0 Å². The predicted molar refractivity (Wildman–Crippen MR) is 75.0 cm³/mol. The van der Waals surface area contributed by atoms with Gasteiger partial charge in [0.2, 0.25) is 0 Å². The molecule has 3 nitrogen and oxygen atoms in total. The maximum atomic E-state index is 9.39. The van der Waals surface area contributed by atoms with Crippen LogP contribution in [0.25, 0.3) is 0 Å². The number of aliphatic hydroxyl groups excluding tert-OH is 1. The number of ether oxygens (including phenoxy) is 1. The lowest BCUT2D eigenvalue weighted by molar-refractivity contribution is 0.168. The molecule has 0 aliphatic carbocycles. The average Bonchev–Trinajstić information content (AvgIpc) is 2.27. The van der Waals surface area contributed by atoms with Gasteiger partial charge in [-0.05, 0) is 40.2 Å². The molecule has 3 heteroatoms. The SMILES string of the molecule is COc1ccc(C)cc1C(C)NC(C)CC(C)O. The zero-order valence-electron chi connectivity index (χ0n) is 12.0.